The predicted octanol–water partition coefficient (Wildman–Crippen LogP) is 5.47. The molecule has 214 valence electrons. The first-order valence-electron chi connectivity index (χ1n) is 13.5. The molecule has 0 fully saturated rings. The van der Waals surface area contributed by atoms with E-state index in [-0.39, 0.29) is 30.0 Å². The van der Waals surface area contributed by atoms with Crippen LogP contribution in [0.2, 0.25) is 5.02 Å². The van der Waals surface area contributed by atoms with E-state index in [0.717, 1.165) is 28.0 Å². The molecular weight excluding hydrogens is 547 g/mol. The van der Waals surface area contributed by atoms with Crippen LogP contribution < -0.4 is 5.32 Å². The number of hydrogen-bond donors (Lipinski definition) is 2. The maximum Gasteiger partial charge on any atom is 0.412 e. The molecule has 0 bridgehead atoms. The first-order valence-corrected chi connectivity index (χ1v) is 13.9. The molecule has 0 saturated carbocycles. The Kier molecular flexibility index (Phi) is 8.80. The number of carbonyl (C=O) groups excluding carboxylic acids is 2. The molecule has 2 N–H and O–H groups in total. The molecule has 5 rings (SSSR count). The lowest BCUT2D eigenvalue weighted by Gasteiger charge is -2.30. The summed E-state index contributed by atoms with van der Waals surface area (Å²) in [5, 5.41) is 4.63. The maximum atomic E-state index is 14.1. The minimum absolute atomic E-state index is 0.00917. The third-order valence-electron chi connectivity index (χ3n) is 7.34. The van der Waals surface area contributed by atoms with Gasteiger partial charge in [-0.05, 0) is 43.5 Å². The van der Waals surface area contributed by atoms with Crippen molar-refractivity contribution in [2.45, 2.75) is 45.3 Å². The van der Waals surface area contributed by atoms with Gasteiger partial charge in [-0.1, -0.05) is 48.0 Å². The number of anilines is 1. The van der Waals surface area contributed by atoms with Crippen LogP contribution in [0.1, 0.15) is 35.6 Å². The van der Waals surface area contributed by atoms with Gasteiger partial charge in [0.15, 0.2) is 0 Å². The van der Waals surface area contributed by atoms with Crippen LogP contribution in [0, 0.1) is 12.7 Å². The number of nitrogens with one attached hydrogen (secondary N) is 2. The highest BCUT2D eigenvalue weighted by molar-refractivity contribution is 6.31. The number of aromatic nitrogens is 3. The van der Waals surface area contributed by atoms with E-state index in [2.05, 4.69) is 20.3 Å². The first kappa shape index (κ1) is 28.5. The van der Waals surface area contributed by atoms with Crippen LogP contribution >= 0.6 is 11.6 Å². The fourth-order valence-electron chi connectivity index (χ4n) is 5.06. The van der Waals surface area contributed by atoms with E-state index in [1.165, 1.54) is 6.07 Å². The molecule has 9 nitrogen and oxygen atoms in total. The average Bonchev–Trinajstić information content (AvgIpc) is 3.34. The van der Waals surface area contributed by atoms with Crippen molar-refractivity contribution in [3.05, 3.63) is 88.3 Å². The molecule has 1 atom stereocenters. The van der Waals surface area contributed by atoms with Crippen molar-refractivity contribution in [3.63, 3.8) is 0 Å². The van der Waals surface area contributed by atoms with Gasteiger partial charge >= 0.3 is 6.09 Å². The molecule has 2 aromatic heterocycles. The first-order chi connectivity index (χ1) is 19.8. The van der Waals surface area contributed by atoms with Crippen LogP contribution in [-0.2, 0) is 29.0 Å². The van der Waals surface area contributed by atoms with Crippen LogP contribution in [0.15, 0.2) is 54.7 Å². The lowest BCUT2D eigenvalue weighted by atomic mass is 10.1. The van der Waals surface area contributed by atoms with Gasteiger partial charge in [0.25, 0.3) is 0 Å². The highest BCUT2D eigenvalue weighted by Gasteiger charge is 2.26. The molecule has 0 aliphatic carbocycles. The largest absolute Gasteiger partial charge is 0.448 e. The number of H-pyrrole nitrogens is 1. The maximum absolute atomic E-state index is 14.1. The number of aromatic amines is 1. The quantitative estimate of drug-likeness (QED) is 0.273. The Morgan fingerprint density at radius 2 is 2.02 bits per heavy atom. The van der Waals surface area contributed by atoms with E-state index >= 15 is 0 Å². The topological polar surface area (TPSA) is 103 Å². The zero-order valence-electron chi connectivity index (χ0n) is 23.0. The number of amides is 2. The number of fused-ring (bicyclic) bond motifs is 2. The number of imidazole rings is 1. The summed E-state index contributed by atoms with van der Waals surface area (Å²) in [6.07, 6.45) is 2.42. The second-order valence-corrected chi connectivity index (χ2v) is 10.7. The van der Waals surface area contributed by atoms with E-state index in [0.29, 0.717) is 43.9 Å². The normalized spacial score (nSPS) is 13.7. The fourth-order valence-corrected chi connectivity index (χ4v) is 5.25. The summed E-state index contributed by atoms with van der Waals surface area (Å²) in [5.74, 6) is 0.728. The van der Waals surface area contributed by atoms with Gasteiger partial charge in [-0.15, -0.1) is 0 Å². The average molecular weight is 579 g/mol. The van der Waals surface area contributed by atoms with Crippen molar-refractivity contribution in [1.82, 2.24) is 24.8 Å². The van der Waals surface area contributed by atoms with Crippen molar-refractivity contribution in [2.75, 3.05) is 25.5 Å². The van der Waals surface area contributed by atoms with Crippen LogP contribution in [0.5, 0.6) is 0 Å². The van der Waals surface area contributed by atoms with Crippen LogP contribution in [-0.4, -0.2) is 63.0 Å². The number of rotatable bonds is 9. The zero-order valence-corrected chi connectivity index (χ0v) is 23.7. The summed E-state index contributed by atoms with van der Waals surface area (Å²) < 4.78 is 19.6. The molecule has 0 unspecified atom stereocenters. The minimum Gasteiger partial charge on any atom is -0.448 e. The molecule has 0 radical (unpaired) electrons. The number of benzene rings is 2. The lowest BCUT2D eigenvalue weighted by molar-refractivity contribution is -0.132. The number of nitrogens with zero attached hydrogens (tertiary/aromatic N) is 4. The van der Waals surface area contributed by atoms with E-state index < -0.39 is 11.9 Å². The third kappa shape index (κ3) is 7.01. The van der Waals surface area contributed by atoms with Gasteiger partial charge < -0.3 is 14.6 Å². The number of halogens is 2. The second kappa shape index (κ2) is 12.7. The molecule has 2 amide bonds. The van der Waals surface area contributed by atoms with Gasteiger partial charge in [0.2, 0.25) is 5.91 Å². The van der Waals surface area contributed by atoms with E-state index in [4.69, 9.17) is 16.3 Å². The van der Waals surface area contributed by atoms with E-state index in [1.54, 1.807) is 24.4 Å². The predicted molar refractivity (Wildman–Crippen MR) is 155 cm³/mol. The number of ether oxygens (including phenoxy) is 1. The molecule has 3 heterocycles. The number of likely N-dealkylation sites (N-methyl/N-ethyl adjacent to an activating group) is 1. The number of aryl methyl sites for hydroxylation is 1. The van der Waals surface area contributed by atoms with Crippen LogP contribution in [0.4, 0.5) is 15.0 Å². The number of pyridine rings is 1. The van der Waals surface area contributed by atoms with Crippen molar-refractivity contribution in [3.8, 4) is 0 Å². The van der Waals surface area contributed by atoms with Gasteiger partial charge in [0, 0.05) is 43.6 Å². The van der Waals surface area contributed by atoms with Gasteiger partial charge in [-0.2, -0.15) is 0 Å². The van der Waals surface area contributed by atoms with Crippen LogP contribution in [0.25, 0.3) is 10.8 Å². The summed E-state index contributed by atoms with van der Waals surface area (Å²) in [5.41, 5.74) is 2.59. The molecule has 4 aromatic rings. The highest BCUT2D eigenvalue weighted by Crippen LogP contribution is 2.23. The van der Waals surface area contributed by atoms with Crippen molar-refractivity contribution < 1.29 is 18.7 Å². The highest BCUT2D eigenvalue weighted by atomic mass is 35.5. The van der Waals surface area contributed by atoms with Crippen molar-refractivity contribution in [1.29, 1.82) is 0 Å². The number of carbonyl (C=O) groups is 2. The van der Waals surface area contributed by atoms with Crippen LogP contribution in [0.3, 0.4) is 0 Å². The number of hydrogen-bond acceptors (Lipinski definition) is 6. The molecular formula is C30H32ClFN6O3. The molecule has 41 heavy (non-hydrogen) atoms. The Balaban J connectivity index is 1.23. The minimum atomic E-state index is -0.653. The van der Waals surface area contributed by atoms with Crippen molar-refractivity contribution >= 4 is 40.2 Å². The molecule has 11 heteroatoms. The second-order valence-electron chi connectivity index (χ2n) is 10.3. The standard InChI is InChI=1S/C30H32ClFN6O3/c1-19-34-25-12-13-38(17-26(25)35-19)28(39)11-10-23(37(2)16-22-8-5-9-24(32)29(22)31)18-41-30(40)36-27-14-20-6-3-4-7-21(20)15-33-27/h3-9,14-15,23H,10-13,16-18H2,1-2H3,(H,34,35)(H,33,36,40)/t23-/m1/s1. The lowest BCUT2D eigenvalue weighted by Crippen LogP contribution is -2.40. The molecule has 2 aromatic carbocycles. The van der Waals surface area contributed by atoms with Gasteiger partial charge in [0.05, 0.1) is 23.0 Å². The Morgan fingerprint density at radius 3 is 2.85 bits per heavy atom. The van der Waals surface area contributed by atoms with Gasteiger partial charge in [0.1, 0.15) is 24.1 Å². The SMILES string of the molecule is Cc1nc2c([nH]1)CN(C(=O)CC[C@H](COC(=O)Nc1cc3ccccc3cn1)N(C)Cc1cccc(F)c1Cl)CC2. The summed E-state index contributed by atoms with van der Waals surface area (Å²) in [6, 6.07) is 13.8. The van der Waals surface area contributed by atoms with E-state index in [1.807, 2.05) is 48.0 Å². The Morgan fingerprint density at radius 1 is 1.22 bits per heavy atom. The molecule has 0 spiro atoms. The molecule has 1 aliphatic heterocycles. The summed E-state index contributed by atoms with van der Waals surface area (Å²) in [7, 11) is 1.84. The summed E-state index contributed by atoms with van der Waals surface area (Å²) in [6.45, 7) is 3.33. The van der Waals surface area contributed by atoms with Crippen molar-refractivity contribution in [2.24, 2.45) is 0 Å². The fraction of sp³-hybridized carbons (Fsp3) is 0.333. The zero-order chi connectivity index (χ0) is 28.9. The smallest absolute Gasteiger partial charge is 0.412 e. The third-order valence-corrected chi connectivity index (χ3v) is 7.76. The summed E-state index contributed by atoms with van der Waals surface area (Å²) >= 11 is 6.20. The Hall–Kier alpha value is -4.02. The molecule has 0 saturated heterocycles. The van der Waals surface area contributed by atoms with E-state index in [9.17, 15) is 14.0 Å². The van der Waals surface area contributed by atoms with Gasteiger partial charge in [-0.3, -0.25) is 15.0 Å². The molecule has 1 aliphatic rings. The van der Waals surface area contributed by atoms with Gasteiger partial charge in [-0.25, -0.2) is 19.2 Å². The Bertz CT molecular complexity index is 1560. The summed E-state index contributed by atoms with van der Waals surface area (Å²) in [4.78, 5) is 41.6. The monoisotopic (exact) mass is 578 g/mol. The Labute approximate surface area is 242 Å².